The highest BCUT2D eigenvalue weighted by atomic mass is 15.0. The van der Waals surface area contributed by atoms with Crippen molar-refractivity contribution in [2.75, 3.05) is 0 Å². The summed E-state index contributed by atoms with van der Waals surface area (Å²) in [5, 5.41) is 7.00. The van der Waals surface area contributed by atoms with Crippen LogP contribution in [-0.4, -0.2) is 15.0 Å². The lowest BCUT2D eigenvalue weighted by atomic mass is 9.67. The molecule has 1 aromatic heterocycles. The fraction of sp³-hybridized carbons (Fsp3) is 0.0143. The minimum absolute atomic E-state index is 0.511. The Kier molecular flexibility index (Phi) is 10.1. The zero-order valence-corrected chi connectivity index (χ0v) is 39.8. The van der Waals surface area contributed by atoms with E-state index < -0.39 is 5.41 Å². The maximum atomic E-state index is 5.35. The molecule has 13 aromatic rings. The molecule has 0 fully saturated rings. The molecule has 0 bridgehead atoms. The third-order valence-corrected chi connectivity index (χ3v) is 15.0. The molecule has 0 saturated heterocycles. The van der Waals surface area contributed by atoms with Crippen molar-refractivity contribution >= 4 is 32.3 Å². The third kappa shape index (κ3) is 6.78. The van der Waals surface area contributed by atoms with Gasteiger partial charge in [-0.15, -0.1) is 0 Å². The van der Waals surface area contributed by atoms with Crippen molar-refractivity contribution in [3.63, 3.8) is 0 Å². The first-order chi connectivity index (χ1) is 36.2. The van der Waals surface area contributed by atoms with E-state index in [-0.39, 0.29) is 0 Å². The van der Waals surface area contributed by atoms with E-state index in [1.165, 1.54) is 71.6 Å². The third-order valence-electron chi connectivity index (χ3n) is 15.0. The Morgan fingerprint density at radius 2 is 0.616 bits per heavy atom. The number of fused-ring (bicyclic) bond motifs is 6. The van der Waals surface area contributed by atoms with Crippen molar-refractivity contribution in [1.82, 2.24) is 15.0 Å². The van der Waals surface area contributed by atoms with Gasteiger partial charge in [-0.25, -0.2) is 15.0 Å². The van der Waals surface area contributed by atoms with Gasteiger partial charge in [0.15, 0.2) is 17.5 Å². The molecule has 0 saturated carbocycles. The SMILES string of the molecule is c1ccc(-c2nc(-c3ccccc3-c3ccccc3)nc(-c3ccc(-c4c5ccccc5c(-c5ccc6c(c5)C(c5ccccc5)(c5ccccc5)c5ccccc5-6)c5ccccc45)c4ccccc34)n2)cc1. The van der Waals surface area contributed by atoms with Gasteiger partial charge in [-0.3, -0.25) is 0 Å². The fourth-order valence-corrected chi connectivity index (χ4v) is 11.9. The molecule has 0 radical (unpaired) electrons. The molecule has 73 heavy (non-hydrogen) atoms. The van der Waals surface area contributed by atoms with Crippen LogP contribution in [0.3, 0.4) is 0 Å². The predicted molar refractivity (Wildman–Crippen MR) is 302 cm³/mol. The Morgan fingerprint density at radius 1 is 0.219 bits per heavy atom. The van der Waals surface area contributed by atoms with Gasteiger partial charge in [-0.05, 0) is 111 Å². The van der Waals surface area contributed by atoms with E-state index >= 15 is 0 Å². The topological polar surface area (TPSA) is 38.7 Å². The van der Waals surface area contributed by atoms with Gasteiger partial charge in [0, 0.05) is 16.7 Å². The second-order valence-corrected chi connectivity index (χ2v) is 18.9. The van der Waals surface area contributed by atoms with Gasteiger partial charge in [0.25, 0.3) is 0 Å². The predicted octanol–water partition coefficient (Wildman–Crippen LogP) is 17.7. The summed E-state index contributed by atoms with van der Waals surface area (Å²) in [5.74, 6) is 1.88. The Hall–Kier alpha value is -9.57. The van der Waals surface area contributed by atoms with Gasteiger partial charge in [-0.1, -0.05) is 261 Å². The van der Waals surface area contributed by atoms with Crippen LogP contribution in [0.4, 0.5) is 0 Å². The second-order valence-electron chi connectivity index (χ2n) is 18.9. The van der Waals surface area contributed by atoms with Gasteiger partial charge in [-0.2, -0.15) is 0 Å². The van der Waals surface area contributed by atoms with Crippen LogP contribution in [0.2, 0.25) is 0 Å². The molecule has 1 aliphatic rings. The lowest BCUT2D eigenvalue weighted by molar-refractivity contribution is 0.769. The summed E-state index contributed by atoms with van der Waals surface area (Å²) < 4.78 is 0. The highest BCUT2D eigenvalue weighted by molar-refractivity contribution is 6.24. The van der Waals surface area contributed by atoms with Crippen molar-refractivity contribution in [3.05, 3.63) is 295 Å². The van der Waals surface area contributed by atoms with E-state index in [1.54, 1.807) is 0 Å². The first-order valence-corrected chi connectivity index (χ1v) is 25.0. The summed E-state index contributed by atoms with van der Waals surface area (Å²) in [6.45, 7) is 0. The average molecular weight is 928 g/mol. The monoisotopic (exact) mass is 927 g/mol. The van der Waals surface area contributed by atoms with Gasteiger partial charge in [0.05, 0.1) is 5.41 Å². The minimum atomic E-state index is -0.511. The van der Waals surface area contributed by atoms with E-state index in [2.05, 4.69) is 249 Å². The first-order valence-electron chi connectivity index (χ1n) is 25.0. The van der Waals surface area contributed by atoms with Gasteiger partial charge >= 0.3 is 0 Å². The van der Waals surface area contributed by atoms with Crippen molar-refractivity contribution in [3.8, 4) is 78.7 Å². The maximum absolute atomic E-state index is 5.35. The molecule has 0 unspecified atom stereocenters. The van der Waals surface area contributed by atoms with E-state index in [4.69, 9.17) is 15.0 Å². The molecule has 0 aliphatic heterocycles. The Balaban J connectivity index is 0.982. The molecule has 0 N–H and O–H groups in total. The summed E-state index contributed by atoms with van der Waals surface area (Å²) >= 11 is 0. The standard InChI is InChI=1S/C70H45N3/c1-5-23-46(24-6-1)51-31-13-20-39-61(51)68-71-67(47-25-7-2-8-26-47)72-69(73-68)62-44-43-60(52-32-14-15-33-53(52)62)66-58-37-18-16-35-56(58)65(57-36-17-19-38-59(57)66)48-41-42-55-54-34-21-22-40-63(54)70(64(55)45-48,49-27-9-3-10-28-49)50-29-11-4-12-30-50/h1-45H. The van der Waals surface area contributed by atoms with Gasteiger partial charge in [0.1, 0.15) is 0 Å². The maximum Gasteiger partial charge on any atom is 0.164 e. The molecule has 14 rings (SSSR count). The molecule has 340 valence electrons. The van der Waals surface area contributed by atoms with E-state index in [9.17, 15) is 0 Å². The molecule has 0 spiro atoms. The van der Waals surface area contributed by atoms with Crippen LogP contribution in [0.1, 0.15) is 22.3 Å². The molecule has 0 atom stereocenters. The number of aromatic nitrogens is 3. The number of benzene rings is 12. The number of hydrogen-bond acceptors (Lipinski definition) is 3. The van der Waals surface area contributed by atoms with Crippen LogP contribution in [0.15, 0.2) is 273 Å². The van der Waals surface area contributed by atoms with Crippen LogP contribution in [0.5, 0.6) is 0 Å². The van der Waals surface area contributed by atoms with E-state index in [0.717, 1.165) is 44.2 Å². The molecule has 1 heterocycles. The minimum Gasteiger partial charge on any atom is -0.208 e. The van der Waals surface area contributed by atoms with Crippen LogP contribution < -0.4 is 0 Å². The Bertz CT molecular complexity index is 4150. The van der Waals surface area contributed by atoms with E-state index in [0.29, 0.717) is 17.5 Å². The van der Waals surface area contributed by atoms with Crippen LogP contribution in [0.25, 0.3) is 111 Å². The fourth-order valence-electron chi connectivity index (χ4n) is 11.9. The van der Waals surface area contributed by atoms with Crippen molar-refractivity contribution in [2.45, 2.75) is 5.41 Å². The van der Waals surface area contributed by atoms with Crippen molar-refractivity contribution in [2.24, 2.45) is 0 Å². The Morgan fingerprint density at radius 3 is 1.22 bits per heavy atom. The van der Waals surface area contributed by atoms with E-state index in [1.807, 2.05) is 24.3 Å². The summed E-state index contributed by atoms with van der Waals surface area (Å²) in [5.41, 5.74) is 16.9. The zero-order chi connectivity index (χ0) is 48.3. The lowest BCUT2D eigenvalue weighted by Gasteiger charge is -2.34. The summed E-state index contributed by atoms with van der Waals surface area (Å²) in [6, 6.07) is 98.6. The molecule has 0 amide bonds. The number of hydrogen-bond donors (Lipinski definition) is 0. The summed E-state index contributed by atoms with van der Waals surface area (Å²) in [4.78, 5) is 15.8. The summed E-state index contributed by atoms with van der Waals surface area (Å²) in [6.07, 6.45) is 0. The highest BCUT2D eigenvalue weighted by Gasteiger charge is 2.46. The van der Waals surface area contributed by atoms with Crippen LogP contribution in [0, 0.1) is 0 Å². The molecule has 12 aromatic carbocycles. The highest BCUT2D eigenvalue weighted by Crippen LogP contribution is 2.57. The van der Waals surface area contributed by atoms with Gasteiger partial charge < -0.3 is 0 Å². The number of nitrogens with zero attached hydrogens (tertiary/aromatic N) is 3. The molecule has 3 nitrogen and oxygen atoms in total. The van der Waals surface area contributed by atoms with Crippen LogP contribution in [-0.2, 0) is 5.41 Å². The normalized spacial score (nSPS) is 12.5. The second kappa shape index (κ2) is 17.4. The van der Waals surface area contributed by atoms with Crippen LogP contribution >= 0.6 is 0 Å². The lowest BCUT2D eigenvalue weighted by Crippen LogP contribution is -2.28. The molecule has 3 heteroatoms. The molecular formula is C70H45N3. The quantitative estimate of drug-likeness (QED) is 0.143. The summed E-state index contributed by atoms with van der Waals surface area (Å²) in [7, 11) is 0. The largest absolute Gasteiger partial charge is 0.208 e. The zero-order valence-electron chi connectivity index (χ0n) is 39.8. The van der Waals surface area contributed by atoms with Crippen molar-refractivity contribution in [1.29, 1.82) is 0 Å². The smallest absolute Gasteiger partial charge is 0.164 e. The molecular weight excluding hydrogens is 883 g/mol. The average Bonchev–Trinajstić information content (AvgIpc) is 3.77. The molecule has 1 aliphatic carbocycles. The van der Waals surface area contributed by atoms with Gasteiger partial charge in [0.2, 0.25) is 0 Å². The van der Waals surface area contributed by atoms with Crippen molar-refractivity contribution < 1.29 is 0 Å². The Labute approximate surface area is 424 Å². The number of rotatable bonds is 8. The first kappa shape index (κ1) is 42.3.